The number of para-hydroxylation sites is 2. The zero-order chi connectivity index (χ0) is 35.3. The van der Waals surface area contributed by atoms with E-state index in [2.05, 4.69) is 191 Å². The molecule has 9 aromatic carbocycles. The van der Waals surface area contributed by atoms with Crippen LogP contribution in [0, 0.1) is 0 Å². The van der Waals surface area contributed by atoms with Gasteiger partial charge in [0.05, 0.1) is 33.3 Å². The maximum atomic E-state index is 5.44. The maximum Gasteiger partial charge on any atom is 0.235 e. The van der Waals surface area contributed by atoms with E-state index in [9.17, 15) is 0 Å². The van der Waals surface area contributed by atoms with E-state index in [1.165, 1.54) is 59.5 Å². The SMILES string of the molecule is c1ccc2cc(-c3nc(-n4c5ccc(-n6c7ccccc7c7ccc8ccccc8c76)cc5c5c6ccccc6ccc54)nc4ccccc34)ccc2c1. The first-order valence-electron chi connectivity index (χ1n) is 18.4. The average Bonchev–Trinajstić information content (AvgIpc) is 3.76. The van der Waals surface area contributed by atoms with E-state index in [1.54, 1.807) is 0 Å². The van der Waals surface area contributed by atoms with Crippen molar-refractivity contribution in [2.24, 2.45) is 0 Å². The second kappa shape index (κ2) is 11.1. The summed E-state index contributed by atoms with van der Waals surface area (Å²) in [5, 5.41) is 13.2. The molecular weight excluding hydrogens is 657 g/mol. The van der Waals surface area contributed by atoms with Gasteiger partial charge in [-0.1, -0.05) is 140 Å². The summed E-state index contributed by atoms with van der Waals surface area (Å²) in [5.41, 5.74) is 8.58. The zero-order valence-corrected chi connectivity index (χ0v) is 29.1. The van der Waals surface area contributed by atoms with Gasteiger partial charge in [0, 0.05) is 43.6 Å². The van der Waals surface area contributed by atoms with Crippen molar-refractivity contribution in [3.8, 4) is 22.9 Å². The van der Waals surface area contributed by atoms with Gasteiger partial charge in [-0.25, -0.2) is 9.97 Å². The zero-order valence-electron chi connectivity index (χ0n) is 29.1. The highest BCUT2D eigenvalue weighted by Crippen LogP contribution is 2.41. The van der Waals surface area contributed by atoms with Gasteiger partial charge in [0.1, 0.15) is 0 Å². The summed E-state index contributed by atoms with van der Waals surface area (Å²) in [5.74, 6) is 0.655. The lowest BCUT2D eigenvalue weighted by molar-refractivity contribution is 1.01. The van der Waals surface area contributed by atoms with E-state index < -0.39 is 0 Å². The van der Waals surface area contributed by atoms with Crippen LogP contribution in [0.25, 0.3) is 110 Å². The molecule has 0 saturated carbocycles. The molecule has 4 heteroatoms. The van der Waals surface area contributed by atoms with Crippen molar-refractivity contribution in [3.05, 3.63) is 182 Å². The molecule has 0 fully saturated rings. The van der Waals surface area contributed by atoms with Gasteiger partial charge in [-0.15, -0.1) is 0 Å². The Bertz CT molecular complexity index is 3510. The fourth-order valence-electron chi connectivity index (χ4n) is 8.85. The van der Waals surface area contributed by atoms with Gasteiger partial charge in [0.15, 0.2) is 0 Å². The third-order valence-corrected chi connectivity index (χ3v) is 11.3. The Morgan fingerprint density at radius 1 is 0.352 bits per heavy atom. The Balaban J connectivity index is 1.19. The monoisotopic (exact) mass is 686 g/mol. The van der Waals surface area contributed by atoms with Crippen LogP contribution in [0.15, 0.2) is 182 Å². The number of rotatable bonds is 3. The molecule has 0 saturated heterocycles. The van der Waals surface area contributed by atoms with Gasteiger partial charge >= 0.3 is 0 Å². The first-order valence-corrected chi connectivity index (χ1v) is 18.4. The molecule has 12 aromatic rings. The van der Waals surface area contributed by atoms with E-state index in [0.29, 0.717) is 5.95 Å². The number of hydrogen-bond acceptors (Lipinski definition) is 2. The predicted molar refractivity (Wildman–Crippen MR) is 226 cm³/mol. The number of benzene rings is 9. The van der Waals surface area contributed by atoms with Gasteiger partial charge in [-0.2, -0.15) is 0 Å². The summed E-state index contributed by atoms with van der Waals surface area (Å²) in [6.07, 6.45) is 0. The van der Waals surface area contributed by atoms with Crippen LogP contribution in [-0.4, -0.2) is 19.1 Å². The molecule has 0 aliphatic heterocycles. The molecule has 0 radical (unpaired) electrons. The average molecular weight is 687 g/mol. The lowest BCUT2D eigenvalue weighted by Crippen LogP contribution is -2.03. The molecule has 3 aromatic heterocycles. The molecule has 4 nitrogen and oxygen atoms in total. The van der Waals surface area contributed by atoms with Crippen molar-refractivity contribution in [3.63, 3.8) is 0 Å². The number of hydrogen-bond donors (Lipinski definition) is 0. The Morgan fingerprint density at radius 2 is 0.981 bits per heavy atom. The molecule has 0 amide bonds. The highest BCUT2D eigenvalue weighted by atomic mass is 15.2. The second-order valence-electron chi connectivity index (χ2n) is 14.2. The minimum atomic E-state index is 0.655. The minimum absolute atomic E-state index is 0.655. The minimum Gasteiger partial charge on any atom is -0.309 e. The number of fused-ring (bicyclic) bond motifs is 12. The van der Waals surface area contributed by atoms with Crippen molar-refractivity contribution in [1.82, 2.24) is 19.1 Å². The Labute approximate surface area is 309 Å². The van der Waals surface area contributed by atoms with Crippen LogP contribution in [0.4, 0.5) is 0 Å². The summed E-state index contributed by atoms with van der Waals surface area (Å²) in [7, 11) is 0. The predicted octanol–water partition coefficient (Wildman–Crippen LogP) is 13.0. The first-order chi connectivity index (χ1) is 26.8. The van der Waals surface area contributed by atoms with E-state index in [-0.39, 0.29) is 0 Å². The van der Waals surface area contributed by atoms with Crippen LogP contribution in [0.5, 0.6) is 0 Å². The quantitative estimate of drug-likeness (QED) is 0.185. The fourth-order valence-corrected chi connectivity index (χ4v) is 8.85. The summed E-state index contributed by atoms with van der Waals surface area (Å²) >= 11 is 0. The number of nitrogens with zero attached hydrogens (tertiary/aromatic N) is 4. The summed E-state index contributed by atoms with van der Waals surface area (Å²) < 4.78 is 4.71. The third-order valence-electron chi connectivity index (χ3n) is 11.3. The Kier molecular flexibility index (Phi) is 6.02. The van der Waals surface area contributed by atoms with E-state index in [0.717, 1.165) is 44.3 Å². The molecule has 0 N–H and O–H groups in total. The molecule has 3 heterocycles. The van der Waals surface area contributed by atoms with Crippen molar-refractivity contribution < 1.29 is 0 Å². The molecule has 0 unspecified atom stereocenters. The van der Waals surface area contributed by atoms with Crippen LogP contribution in [0.3, 0.4) is 0 Å². The summed E-state index contributed by atoms with van der Waals surface area (Å²) in [4.78, 5) is 10.7. The highest BCUT2D eigenvalue weighted by molar-refractivity contribution is 6.22. The normalized spacial score (nSPS) is 12.1. The third kappa shape index (κ3) is 4.13. The van der Waals surface area contributed by atoms with Gasteiger partial charge in [0.25, 0.3) is 0 Å². The van der Waals surface area contributed by atoms with Crippen LogP contribution >= 0.6 is 0 Å². The molecule has 0 bridgehead atoms. The molecule has 0 atom stereocenters. The number of aromatic nitrogens is 4. The Morgan fingerprint density at radius 3 is 1.85 bits per heavy atom. The van der Waals surface area contributed by atoms with Crippen LogP contribution in [0.2, 0.25) is 0 Å². The molecule has 0 aliphatic rings. The van der Waals surface area contributed by atoms with Crippen molar-refractivity contribution in [2.45, 2.75) is 0 Å². The molecule has 0 aliphatic carbocycles. The first kappa shape index (κ1) is 29.3. The van der Waals surface area contributed by atoms with Crippen molar-refractivity contribution in [2.75, 3.05) is 0 Å². The molecule has 250 valence electrons. The van der Waals surface area contributed by atoms with Crippen LogP contribution in [0.1, 0.15) is 0 Å². The fraction of sp³-hybridized carbons (Fsp3) is 0. The second-order valence-corrected chi connectivity index (χ2v) is 14.2. The highest BCUT2D eigenvalue weighted by Gasteiger charge is 2.21. The molecular formula is C50H30N4. The standard InChI is InChI=1S/C50H30N4/c1-2-14-34-29-35(22-21-31(34)11-1)48-41-18-7-9-19-43(41)51-50(52-48)54-45-28-25-36(30-42(45)47-37-15-5-3-12-32(37)24-27-46(47)54)53-44-20-10-8-17-39(44)40-26-23-33-13-4-6-16-38(33)49(40)53/h1-30H. The maximum absolute atomic E-state index is 5.44. The largest absolute Gasteiger partial charge is 0.309 e. The van der Waals surface area contributed by atoms with Crippen LogP contribution < -0.4 is 0 Å². The lowest BCUT2D eigenvalue weighted by Gasteiger charge is -2.13. The van der Waals surface area contributed by atoms with Gasteiger partial charge in [-0.3, -0.25) is 4.57 Å². The van der Waals surface area contributed by atoms with E-state index in [4.69, 9.17) is 9.97 Å². The smallest absolute Gasteiger partial charge is 0.235 e. The lowest BCUT2D eigenvalue weighted by atomic mass is 10.0. The van der Waals surface area contributed by atoms with Gasteiger partial charge < -0.3 is 4.57 Å². The van der Waals surface area contributed by atoms with Gasteiger partial charge in [-0.05, 0) is 69.4 Å². The summed E-state index contributed by atoms with van der Waals surface area (Å²) in [6, 6.07) is 65.5. The van der Waals surface area contributed by atoms with Gasteiger partial charge in [0.2, 0.25) is 5.95 Å². The molecule has 12 rings (SSSR count). The molecule has 0 spiro atoms. The molecule has 54 heavy (non-hydrogen) atoms. The van der Waals surface area contributed by atoms with E-state index in [1.807, 2.05) is 0 Å². The van der Waals surface area contributed by atoms with Crippen molar-refractivity contribution in [1.29, 1.82) is 0 Å². The topological polar surface area (TPSA) is 35.6 Å². The van der Waals surface area contributed by atoms with Crippen LogP contribution in [-0.2, 0) is 0 Å². The summed E-state index contributed by atoms with van der Waals surface area (Å²) in [6.45, 7) is 0. The van der Waals surface area contributed by atoms with Crippen molar-refractivity contribution >= 4 is 86.8 Å². The van der Waals surface area contributed by atoms with E-state index >= 15 is 0 Å². The Hall–Kier alpha value is -7.30.